The van der Waals surface area contributed by atoms with Crippen molar-refractivity contribution in [2.75, 3.05) is 61.8 Å². The van der Waals surface area contributed by atoms with Gasteiger partial charge in [0.2, 0.25) is 17.6 Å². The monoisotopic (exact) mass is 350 g/mol. The van der Waals surface area contributed by atoms with Gasteiger partial charge in [0.05, 0.1) is 38.2 Å². The number of likely N-dealkylation sites (N-methyl/N-ethyl adjacent to an activating group) is 1. The highest BCUT2D eigenvalue weighted by Gasteiger charge is 2.33. The number of nitro groups is 1. The zero-order valence-corrected chi connectivity index (χ0v) is 15.2. The average Bonchev–Trinajstić information content (AvgIpc) is 2.53. The standard InChI is InChI=1S/C16H27N7O2/c1-11-8-12(2)10-22(9-11)15-13(23(24)25)14(17)18-16(19-15)21-6-4-20(3)5-7-21/h11-12H,4-10H2,1-3H3,(H2,17,18,19)/p+1/t11-,12+. The normalized spacial score (nSPS) is 25.2. The van der Waals surface area contributed by atoms with Crippen LogP contribution in [0.1, 0.15) is 20.3 Å². The van der Waals surface area contributed by atoms with E-state index in [1.54, 1.807) is 0 Å². The van der Waals surface area contributed by atoms with E-state index in [0.717, 1.165) is 45.7 Å². The van der Waals surface area contributed by atoms with E-state index >= 15 is 0 Å². The Labute approximate surface area is 148 Å². The molecule has 0 aromatic carbocycles. The Balaban J connectivity index is 1.97. The third kappa shape index (κ3) is 3.76. The topological polar surface area (TPSA) is 106 Å². The summed E-state index contributed by atoms with van der Waals surface area (Å²) >= 11 is 0. The van der Waals surface area contributed by atoms with Crippen molar-refractivity contribution < 1.29 is 9.82 Å². The molecule has 2 aliphatic heterocycles. The first kappa shape index (κ1) is 17.7. The summed E-state index contributed by atoms with van der Waals surface area (Å²) in [5, 5.41) is 11.6. The number of aromatic nitrogens is 2. The summed E-state index contributed by atoms with van der Waals surface area (Å²) in [5.41, 5.74) is 5.82. The molecule has 2 fully saturated rings. The van der Waals surface area contributed by atoms with Gasteiger partial charge in [-0.25, -0.2) is 0 Å². The molecule has 0 amide bonds. The Morgan fingerprint density at radius 1 is 1.16 bits per heavy atom. The molecule has 2 saturated heterocycles. The number of nitrogens with two attached hydrogens (primary N) is 1. The van der Waals surface area contributed by atoms with Gasteiger partial charge >= 0.3 is 5.69 Å². The van der Waals surface area contributed by atoms with Crippen LogP contribution in [-0.2, 0) is 0 Å². The highest BCUT2D eigenvalue weighted by molar-refractivity contribution is 5.71. The minimum Gasteiger partial charge on any atom is -0.378 e. The summed E-state index contributed by atoms with van der Waals surface area (Å²) < 4.78 is 0. The van der Waals surface area contributed by atoms with Crippen LogP contribution in [0, 0.1) is 22.0 Å². The molecule has 2 atom stereocenters. The third-order valence-electron chi connectivity index (χ3n) is 5.13. The molecule has 0 unspecified atom stereocenters. The minimum atomic E-state index is -0.452. The Morgan fingerprint density at radius 2 is 1.76 bits per heavy atom. The summed E-state index contributed by atoms with van der Waals surface area (Å²) in [6, 6.07) is 0. The maximum atomic E-state index is 11.6. The van der Waals surface area contributed by atoms with Gasteiger partial charge in [0.25, 0.3) is 0 Å². The largest absolute Gasteiger partial charge is 0.378 e. The van der Waals surface area contributed by atoms with Crippen LogP contribution in [0.2, 0.25) is 0 Å². The van der Waals surface area contributed by atoms with Gasteiger partial charge in [0, 0.05) is 13.1 Å². The van der Waals surface area contributed by atoms with E-state index in [2.05, 4.69) is 35.8 Å². The molecule has 3 N–H and O–H groups in total. The van der Waals surface area contributed by atoms with E-state index in [1.165, 1.54) is 4.90 Å². The Kier molecular flexibility index (Phi) is 4.94. The SMILES string of the molecule is C[C@@H]1C[C@H](C)CN(c2nc(N3CC[NH+](C)CC3)nc(N)c2[N+](=O)[O-])C1. The van der Waals surface area contributed by atoms with Gasteiger partial charge in [0.1, 0.15) is 0 Å². The number of hydrogen-bond donors (Lipinski definition) is 2. The molecular formula is C16H28N7O2+. The molecule has 9 nitrogen and oxygen atoms in total. The van der Waals surface area contributed by atoms with Crippen molar-refractivity contribution in [3.05, 3.63) is 10.1 Å². The molecule has 3 heterocycles. The van der Waals surface area contributed by atoms with E-state index in [9.17, 15) is 10.1 Å². The molecule has 1 aromatic rings. The van der Waals surface area contributed by atoms with Gasteiger partial charge in [0.15, 0.2) is 0 Å². The molecular weight excluding hydrogens is 322 g/mol. The van der Waals surface area contributed by atoms with E-state index < -0.39 is 4.92 Å². The van der Waals surface area contributed by atoms with Crippen molar-refractivity contribution in [2.45, 2.75) is 20.3 Å². The first-order chi connectivity index (χ1) is 11.8. The number of hydrogen-bond acceptors (Lipinski definition) is 7. The number of nitrogens with one attached hydrogen (secondary N) is 1. The highest BCUT2D eigenvalue weighted by atomic mass is 16.6. The quantitative estimate of drug-likeness (QED) is 0.573. The zero-order valence-electron chi connectivity index (χ0n) is 15.2. The lowest BCUT2D eigenvalue weighted by molar-refractivity contribution is -0.880. The van der Waals surface area contributed by atoms with Gasteiger partial charge in [-0.3, -0.25) is 10.1 Å². The van der Waals surface area contributed by atoms with E-state index in [4.69, 9.17) is 5.73 Å². The molecule has 9 heteroatoms. The van der Waals surface area contributed by atoms with Crippen LogP contribution in [0.5, 0.6) is 0 Å². The maximum absolute atomic E-state index is 11.6. The highest BCUT2D eigenvalue weighted by Crippen LogP contribution is 2.36. The lowest BCUT2D eigenvalue weighted by Gasteiger charge is -2.36. The number of piperidine rings is 1. The van der Waals surface area contributed by atoms with Gasteiger partial charge in [-0.1, -0.05) is 13.8 Å². The Morgan fingerprint density at radius 3 is 2.32 bits per heavy atom. The molecule has 138 valence electrons. The van der Waals surface area contributed by atoms with Crippen molar-refractivity contribution in [1.82, 2.24) is 9.97 Å². The zero-order chi connectivity index (χ0) is 18.1. The fourth-order valence-corrected chi connectivity index (χ4v) is 3.91. The van der Waals surface area contributed by atoms with Crippen LogP contribution in [0.15, 0.2) is 0 Å². The summed E-state index contributed by atoms with van der Waals surface area (Å²) in [7, 11) is 2.16. The molecule has 0 spiro atoms. The first-order valence-corrected chi connectivity index (χ1v) is 8.98. The second-order valence-electron chi connectivity index (χ2n) is 7.63. The predicted octanol–water partition coefficient (Wildman–Crippen LogP) is -0.216. The fourth-order valence-electron chi connectivity index (χ4n) is 3.91. The minimum absolute atomic E-state index is 0.0397. The predicted molar refractivity (Wildman–Crippen MR) is 97.1 cm³/mol. The number of nitrogen functional groups attached to an aromatic ring is 1. The van der Waals surface area contributed by atoms with E-state index in [0.29, 0.717) is 23.6 Å². The molecule has 0 bridgehead atoms. The van der Waals surface area contributed by atoms with E-state index in [-0.39, 0.29) is 11.5 Å². The molecule has 0 radical (unpaired) electrons. The van der Waals surface area contributed by atoms with Crippen molar-refractivity contribution in [2.24, 2.45) is 11.8 Å². The third-order valence-corrected chi connectivity index (χ3v) is 5.13. The molecule has 2 aliphatic rings. The van der Waals surface area contributed by atoms with Gasteiger partial charge < -0.3 is 20.4 Å². The van der Waals surface area contributed by atoms with E-state index in [1.807, 2.05) is 4.90 Å². The molecule has 25 heavy (non-hydrogen) atoms. The fraction of sp³-hybridized carbons (Fsp3) is 0.750. The Bertz CT molecular complexity index is 636. The smallest absolute Gasteiger partial charge is 0.353 e. The lowest BCUT2D eigenvalue weighted by atomic mass is 9.92. The average molecular weight is 350 g/mol. The van der Waals surface area contributed by atoms with Crippen LogP contribution in [0.4, 0.5) is 23.3 Å². The molecule has 1 aromatic heterocycles. The number of anilines is 3. The van der Waals surface area contributed by atoms with Crippen molar-refractivity contribution in [3.8, 4) is 0 Å². The number of nitrogens with zero attached hydrogens (tertiary/aromatic N) is 5. The van der Waals surface area contributed by atoms with Gasteiger partial charge in [-0.05, 0) is 18.3 Å². The second-order valence-corrected chi connectivity index (χ2v) is 7.63. The first-order valence-electron chi connectivity index (χ1n) is 8.98. The van der Waals surface area contributed by atoms with Crippen molar-refractivity contribution >= 4 is 23.3 Å². The number of rotatable bonds is 3. The summed E-state index contributed by atoms with van der Waals surface area (Å²) in [5.74, 6) is 1.78. The number of piperazine rings is 1. The van der Waals surface area contributed by atoms with Crippen molar-refractivity contribution in [1.29, 1.82) is 0 Å². The Hall–Kier alpha value is -2.16. The molecule has 3 rings (SSSR count). The van der Waals surface area contributed by atoms with Crippen molar-refractivity contribution in [3.63, 3.8) is 0 Å². The second kappa shape index (κ2) is 6.99. The van der Waals surface area contributed by atoms with Crippen LogP contribution < -0.4 is 20.4 Å². The lowest BCUT2D eigenvalue weighted by Crippen LogP contribution is -3.12. The molecule has 0 saturated carbocycles. The van der Waals surface area contributed by atoms with Crippen LogP contribution >= 0.6 is 0 Å². The maximum Gasteiger partial charge on any atom is 0.353 e. The van der Waals surface area contributed by atoms with Crippen LogP contribution in [0.25, 0.3) is 0 Å². The van der Waals surface area contributed by atoms with Crippen LogP contribution in [0.3, 0.4) is 0 Å². The van der Waals surface area contributed by atoms with Gasteiger partial charge in [-0.15, -0.1) is 0 Å². The summed E-state index contributed by atoms with van der Waals surface area (Å²) in [6.45, 7) is 9.50. The summed E-state index contributed by atoms with van der Waals surface area (Å²) in [4.78, 5) is 25.5. The molecule has 0 aliphatic carbocycles. The van der Waals surface area contributed by atoms with Gasteiger partial charge in [-0.2, -0.15) is 9.97 Å². The summed E-state index contributed by atoms with van der Waals surface area (Å²) in [6.07, 6.45) is 1.12. The van der Waals surface area contributed by atoms with Crippen LogP contribution in [-0.4, -0.2) is 61.2 Å². The number of quaternary nitrogens is 1.